The van der Waals surface area contributed by atoms with Crippen molar-refractivity contribution in [1.29, 1.82) is 0 Å². The molecule has 0 atom stereocenters. The first kappa shape index (κ1) is 13.6. The van der Waals surface area contributed by atoms with E-state index in [2.05, 4.69) is 4.74 Å². The van der Waals surface area contributed by atoms with E-state index in [1.807, 2.05) is 13.8 Å². The van der Waals surface area contributed by atoms with Crippen molar-refractivity contribution in [2.75, 3.05) is 0 Å². The largest absolute Gasteiger partial charge is 0.481 e. The lowest BCUT2D eigenvalue weighted by Crippen LogP contribution is -2.20. The zero-order valence-corrected chi connectivity index (χ0v) is 8.99. The molecule has 0 radical (unpaired) electrons. The Hall–Kier alpha value is -1.39. The molecule has 15 heavy (non-hydrogen) atoms. The van der Waals surface area contributed by atoms with Gasteiger partial charge in [-0.3, -0.25) is 14.4 Å². The van der Waals surface area contributed by atoms with Crippen LogP contribution in [0.2, 0.25) is 0 Å². The van der Waals surface area contributed by atoms with Crippen molar-refractivity contribution in [3.63, 3.8) is 0 Å². The minimum absolute atomic E-state index is 0.263. The molecule has 0 aromatic heterocycles. The van der Waals surface area contributed by atoms with Crippen LogP contribution in [0.15, 0.2) is 0 Å². The molecule has 0 aromatic rings. The lowest BCUT2D eigenvalue weighted by molar-refractivity contribution is -0.163. The highest BCUT2D eigenvalue weighted by Crippen LogP contribution is 2.10. The Labute approximate surface area is 88.4 Å². The van der Waals surface area contributed by atoms with Gasteiger partial charge in [0.1, 0.15) is 0 Å². The summed E-state index contributed by atoms with van der Waals surface area (Å²) in [6.07, 6.45) is 0.652. The Bertz CT molecular complexity index is 242. The number of hydrogen-bond donors (Lipinski definition) is 1. The third-order valence-corrected chi connectivity index (χ3v) is 2.08. The molecule has 0 aliphatic heterocycles. The van der Waals surface area contributed by atoms with Crippen LogP contribution in [-0.2, 0) is 19.1 Å². The molecule has 86 valence electrons. The fourth-order valence-electron chi connectivity index (χ4n) is 1.08. The molecule has 0 fully saturated rings. The fourth-order valence-corrected chi connectivity index (χ4v) is 1.08. The average Bonchev–Trinajstić information content (AvgIpc) is 2.16. The van der Waals surface area contributed by atoms with Crippen LogP contribution in [0.3, 0.4) is 0 Å². The molecule has 5 nitrogen and oxygen atoms in total. The molecule has 0 spiro atoms. The maximum absolute atomic E-state index is 11.3. The Balaban J connectivity index is 3.95. The molecule has 5 heteroatoms. The predicted octanol–water partition coefficient (Wildman–Crippen LogP) is 1.36. The molecule has 0 unspecified atom stereocenters. The molecule has 0 bridgehead atoms. The third kappa shape index (κ3) is 5.83. The van der Waals surface area contributed by atoms with Crippen molar-refractivity contribution in [3.05, 3.63) is 0 Å². The minimum Gasteiger partial charge on any atom is -0.481 e. The molecule has 0 aliphatic rings. The van der Waals surface area contributed by atoms with Crippen LogP contribution in [0.5, 0.6) is 0 Å². The van der Waals surface area contributed by atoms with Crippen LogP contribution in [0, 0.1) is 5.92 Å². The van der Waals surface area contributed by atoms with E-state index in [0.717, 1.165) is 0 Å². The molecule has 1 N–H and O–H groups in total. The molecule has 0 saturated carbocycles. The van der Waals surface area contributed by atoms with Gasteiger partial charge in [0.25, 0.3) is 0 Å². The summed E-state index contributed by atoms with van der Waals surface area (Å²) in [7, 11) is 0. The summed E-state index contributed by atoms with van der Waals surface area (Å²) in [5, 5.41) is 8.31. The lowest BCUT2D eigenvalue weighted by atomic mass is 10.0. The number of rotatable bonds is 6. The van der Waals surface area contributed by atoms with Gasteiger partial charge in [-0.15, -0.1) is 0 Å². The normalized spacial score (nSPS) is 10.1. The first-order valence-electron chi connectivity index (χ1n) is 4.97. The molecule has 0 heterocycles. The van der Waals surface area contributed by atoms with Gasteiger partial charge < -0.3 is 9.84 Å². The number of hydrogen-bond acceptors (Lipinski definition) is 4. The topological polar surface area (TPSA) is 80.7 Å². The van der Waals surface area contributed by atoms with Gasteiger partial charge >= 0.3 is 17.9 Å². The molecule has 0 amide bonds. The molecular formula is C10H16O5. The van der Waals surface area contributed by atoms with Gasteiger partial charge in [0.15, 0.2) is 0 Å². The zero-order valence-electron chi connectivity index (χ0n) is 8.99. The number of ether oxygens (including phenoxy) is 1. The highest BCUT2D eigenvalue weighted by molar-refractivity contribution is 5.88. The molecule has 0 aliphatic carbocycles. The highest BCUT2D eigenvalue weighted by atomic mass is 16.6. The SMILES string of the molecule is CCC(CC)C(=O)OC(=O)CCC(=O)O. The summed E-state index contributed by atoms with van der Waals surface area (Å²) in [6, 6.07) is 0. The number of esters is 2. The number of carbonyl (C=O) groups is 3. The molecule has 0 aromatic carbocycles. The van der Waals surface area contributed by atoms with Crippen LogP contribution < -0.4 is 0 Å². The summed E-state index contributed by atoms with van der Waals surface area (Å²) < 4.78 is 4.50. The monoisotopic (exact) mass is 216 g/mol. The van der Waals surface area contributed by atoms with E-state index in [1.165, 1.54) is 0 Å². The van der Waals surface area contributed by atoms with Crippen molar-refractivity contribution in [2.45, 2.75) is 39.5 Å². The minimum atomic E-state index is -1.08. The first-order chi connectivity index (χ1) is 7.01. The van der Waals surface area contributed by atoms with Gasteiger partial charge in [-0.2, -0.15) is 0 Å². The third-order valence-electron chi connectivity index (χ3n) is 2.08. The maximum Gasteiger partial charge on any atom is 0.316 e. The standard InChI is InChI=1S/C10H16O5/c1-3-7(4-2)10(14)15-9(13)6-5-8(11)12/h7H,3-6H2,1-2H3,(H,11,12). The average molecular weight is 216 g/mol. The Morgan fingerprint density at radius 3 is 2.07 bits per heavy atom. The fraction of sp³-hybridized carbons (Fsp3) is 0.700. The van der Waals surface area contributed by atoms with Crippen molar-refractivity contribution >= 4 is 17.9 Å². The van der Waals surface area contributed by atoms with E-state index >= 15 is 0 Å². The number of carbonyl (C=O) groups excluding carboxylic acids is 2. The van der Waals surface area contributed by atoms with Gasteiger partial charge in [-0.25, -0.2) is 0 Å². The summed E-state index contributed by atoms with van der Waals surface area (Å²) in [5.74, 6) is -2.69. The van der Waals surface area contributed by atoms with Gasteiger partial charge in [0.2, 0.25) is 0 Å². The predicted molar refractivity (Wildman–Crippen MR) is 52.0 cm³/mol. The quantitative estimate of drug-likeness (QED) is 0.535. The number of aliphatic carboxylic acids is 1. The van der Waals surface area contributed by atoms with E-state index < -0.39 is 17.9 Å². The summed E-state index contributed by atoms with van der Waals surface area (Å²) >= 11 is 0. The second-order valence-electron chi connectivity index (χ2n) is 3.20. The second-order valence-corrected chi connectivity index (χ2v) is 3.20. The second kappa shape index (κ2) is 6.98. The highest BCUT2D eigenvalue weighted by Gasteiger charge is 2.19. The molecule has 0 saturated heterocycles. The van der Waals surface area contributed by atoms with Gasteiger partial charge in [-0.1, -0.05) is 13.8 Å². The van der Waals surface area contributed by atoms with Crippen LogP contribution >= 0.6 is 0 Å². The smallest absolute Gasteiger partial charge is 0.316 e. The van der Waals surface area contributed by atoms with Crippen LogP contribution in [0.25, 0.3) is 0 Å². The van der Waals surface area contributed by atoms with Crippen LogP contribution in [0.1, 0.15) is 39.5 Å². The van der Waals surface area contributed by atoms with Crippen molar-refractivity contribution < 1.29 is 24.2 Å². The van der Waals surface area contributed by atoms with Gasteiger partial charge in [-0.05, 0) is 12.8 Å². The van der Waals surface area contributed by atoms with Crippen LogP contribution in [0.4, 0.5) is 0 Å². The van der Waals surface area contributed by atoms with Crippen molar-refractivity contribution in [2.24, 2.45) is 5.92 Å². The lowest BCUT2D eigenvalue weighted by Gasteiger charge is -2.09. The Morgan fingerprint density at radius 1 is 1.13 bits per heavy atom. The zero-order chi connectivity index (χ0) is 11.8. The van der Waals surface area contributed by atoms with E-state index in [9.17, 15) is 14.4 Å². The first-order valence-corrected chi connectivity index (χ1v) is 4.97. The van der Waals surface area contributed by atoms with E-state index in [1.54, 1.807) is 0 Å². The molecule has 0 rings (SSSR count). The van der Waals surface area contributed by atoms with E-state index in [-0.39, 0.29) is 18.8 Å². The van der Waals surface area contributed by atoms with Gasteiger partial charge in [0, 0.05) is 0 Å². The summed E-state index contributed by atoms with van der Waals surface area (Å²) in [5.41, 5.74) is 0. The van der Waals surface area contributed by atoms with E-state index in [0.29, 0.717) is 12.8 Å². The number of carboxylic acid groups (broad SMARTS) is 1. The Morgan fingerprint density at radius 2 is 1.67 bits per heavy atom. The van der Waals surface area contributed by atoms with Crippen molar-refractivity contribution in [1.82, 2.24) is 0 Å². The molecular weight excluding hydrogens is 200 g/mol. The summed E-state index contributed by atoms with van der Waals surface area (Å²) in [4.78, 5) is 32.4. The Kier molecular flexibility index (Phi) is 6.33. The maximum atomic E-state index is 11.3. The van der Waals surface area contributed by atoms with E-state index in [4.69, 9.17) is 5.11 Å². The number of carboxylic acids is 1. The van der Waals surface area contributed by atoms with Gasteiger partial charge in [0.05, 0.1) is 18.8 Å². The van der Waals surface area contributed by atoms with Crippen molar-refractivity contribution in [3.8, 4) is 0 Å². The van der Waals surface area contributed by atoms with Crippen LogP contribution in [-0.4, -0.2) is 23.0 Å². The summed E-state index contributed by atoms with van der Waals surface area (Å²) in [6.45, 7) is 3.66.